The molecule has 0 aliphatic carbocycles. The predicted octanol–water partition coefficient (Wildman–Crippen LogP) is -0.273. The average Bonchev–Trinajstić information content (AvgIpc) is 2.19. The fourth-order valence-corrected chi connectivity index (χ4v) is 3.42. The Morgan fingerprint density at radius 2 is 2.15 bits per heavy atom. The molecule has 13 heavy (non-hydrogen) atoms. The fraction of sp³-hybridized carbons (Fsp3) is 0.750. The van der Waals surface area contributed by atoms with E-state index in [0.29, 0.717) is 21.4 Å². The molecule has 0 aromatic rings. The van der Waals surface area contributed by atoms with Crippen LogP contribution < -0.4 is 0 Å². The van der Waals surface area contributed by atoms with E-state index >= 15 is 0 Å². The van der Waals surface area contributed by atoms with Gasteiger partial charge in [0.25, 0.3) is 0 Å². The van der Waals surface area contributed by atoms with Crippen LogP contribution in [0.2, 0.25) is 5.32 Å². The summed E-state index contributed by atoms with van der Waals surface area (Å²) in [5.74, 6) is 0.0506. The molecule has 2 aliphatic heterocycles. The third kappa shape index (κ3) is 2.30. The first-order valence-electron chi connectivity index (χ1n) is 4.43. The Bertz CT molecular complexity index is 236. The quantitative estimate of drug-likeness (QED) is 0.553. The molecule has 4 nitrogen and oxygen atoms in total. The summed E-state index contributed by atoms with van der Waals surface area (Å²) in [6, 6.07) is 0. The van der Waals surface area contributed by atoms with Crippen molar-refractivity contribution in [1.29, 1.82) is 0 Å². The zero-order chi connectivity index (χ0) is 9.10. The first kappa shape index (κ1) is 9.19. The number of morpholine rings is 1. The van der Waals surface area contributed by atoms with Gasteiger partial charge in [-0.25, -0.2) is 0 Å². The Morgan fingerprint density at radius 3 is 2.85 bits per heavy atom. The fourth-order valence-electron chi connectivity index (χ4n) is 1.34. The van der Waals surface area contributed by atoms with Gasteiger partial charge in [-0.3, -0.25) is 0 Å². The molecule has 72 valence electrons. The zero-order valence-corrected chi connectivity index (χ0v) is 9.07. The molecule has 0 aromatic heterocycles. The first-order chi connectivity index (χ1) is 6.36. The van der Waals surface area contributed by atoms with Gasteiger partial charge in [0.05, 0.1) is 0 Å². The molecule has 0 radical (unpaired) electrons. The van der Waals surface area contributed by atoms with Gasteiger partial charge in [0.2, 0.25) is 0 Å². The van der Waals surface area contributed by atoms with Crippen LogP contribution in [0.4, 0.5) is 0 Å². The second kappa shape index (κ2) is 4.22. The van der Waals surface area contributed by atoms with Crippen molar-refractivity contribution >= 4 is 25.6 Å². The zero-order valence-electron chi connectivity index (χ0n) is 7.36. The number of hydrogen-bond donors (Lipinski definition) is 0. The first-order valence-corrected chi connectivity index (χ1v) is 6.50. The molecule has 5 heteroatoms. The van der Waals surface area contributed by atoms with Crippen LogP contribution in [-0.4, -0.2) is 56.8 Å². The van der Waals surface area contributed by atoms with Crippen molar-refractivity contribution in [2.24, 2.45) is 4.99 Å². The molecule has 0 saturated carbocycles. The summed E-state index contributed by atoms with van der Waals surface area (Å²) in [7, 11) is 0. The molecule has 0 atom stereocenters. The van der Waals surface area contributed by atoms with E-state index in [0.717, 1.165) is 36.4 Å². The van der Waals surface area contributed by atoms with Crippen LogP contribution in [-0.2, 0) is 9.53 Å². The van der Waals surface area contributed by atoms with E-state index in [1.165, 1.54) is 0 Å². The van der Waals surface area contributed by atoms with Crippen molar-refractivity contribution in [3.63, 3.8) is 0 Å². The van der Waals surface area contributed by atoms with E-state index < -0.39 is 0 Å². The van der Waals surface area contributed by atoms with Gasteiger partial charge in [-0.2, -0.15) is 0 Å². The number of carbonyl (C=O) groups is 1. The summed E-state index contributed by atoms with van der Waals surface area (Å²) in [6.07, 6.45) is 0.647. The average molecular weight is 247 g/mol. The number of ether oxygens (including phenoxy) is 1. The predicted molar refractivity (Wildman–Crippen MR) is 50.0 cm³/mol. The van der Waals surface area contributed by atoms with Crippen LogP contribution in [0.25, 0.3) is 0 Å². The minimum absolute atomic E-state index is 0.0506. The van der Waals surface area contributed by atoms with Crippen molar-refractivity contribution in [3.8, 4) is 0 Å². The van der Waals surface area contributed by atoms with E-state index in [1.807, 2.05) is 0 Å². The standard InChI is InChI=1S/C8H12N2O2Se/c11-7-1-6-13-8(9-7)10-2-4-12-5-3-10/h1-6H2. The number of amidine groups is 1. The third-order valence-electron chi connectivity index (χ3n) is 2.05. The number of rotatable bonds is 0. The summed E-state index contributed by atoms with van der Waals surface area (Å²) >= 11 is 0.408. The summed E-state index contributed by atoms with van der Waals surface area (Å²) in [4.78, 5) is 17.4. The van der Waals surface area contributed by atoms with Gasteiger partial charge in [-0.05, 0) is 0 Å². The van der Waals surface area contributed by atoms with Gasteiger partial charge in [-0.1, -0.05) is 0 Å². The molecule has 2 rings (SSSR count). The number of amides is 1. The summed E-state index contributed by atoms with van der Waals surface area (Å²) in [5, 5.41) is 1.02. The molecule has 1 fully saturated rings. The second-order valence-corrected chi connectivity index (χ2v) is 5.21. The number of hydrogen-bond acceptors (Lipinski definition) is 3. The minimum atomic E-state index is 0.0506. The van der Waals surface area contributed by atoms with Crippen molar-refractivity contribution < 1.29 is 9.53 Å². The monoisotopic (exact) mass is 248 g/mol. The van der Waals surface area contributed by atoms with E-state index in [2.05, 4.69) is 9.89 Å². The van der Waals surface area contributed by atoms with Gasteiger partial charge in [0.1, 0.15) is 0 Å². The summed E-state index contributed by atoms with van der Waals surface area (Å²) < 4.78 is 6.28. The van der Waals surface area contributed by atoms with Crippen molar-refractivity contribution in [2.45, 2.75) is 11.7 Å². The van der Waals surface area contributed by atoms with Crippen molar-refractivity contribution in [2.75, 3.05) is 26.3 Å². The summed E-state index contributed by atoms with van der Waals surface area (Å²) in [5.41, 5.74) is 0. The molecule has 2 heterocycles. The van der Waals surface area contributed by atoms with Gasteiger partial charge in [-0.15, -0.1) is 0 Å². The Morgan fingerprint density at radius 1 is 1.38 bits per heavy atom. The maximum atomic E-state index is 11.1. The van der Waals surface area contributed by atoms with Crippen LogP contribution in [0.15, 0.2) is 4.99 Å². The molecular weight excluding hydrogens is 235 g/mol. The third-order valence-corrected chi connectivity index (χ3v) is 4.18. The molecule has 0 N–H and O–H groups in total. The Kier molecular flexibility index (Phi) is 2.98. The Hall–Kier alpha value is -0.381. The van der Waals surface area contributed by atoms with Crippen LogP contribution in [0.5, 0.6) is 0 Å². The molecule has 0 spiro atoms. The number of nitrogens with zero attached hydrogens (tertiary/aromatic N) is 2. The Labute approximate surface area is 83.5 Å². The van der Waals surface area contributed by atoms with Crippen LogP contribution in [0, 0.1) is 0 Å². The molecule has 0 aromatic carbocycles. The van der Waals surface area contributed by atoms with Crippen LogP contribution in [0.1, 0.15) is 6.42 Å². The second-order valence-electron chi connectivity index (χ2n) is 2.99. The normalized spacial score (nSPS) is 24.5. The van der Waals surface area contributed by atoms with E-state index in [1.54, 1.807) is 0 Å². The molecule has 2 aliphatic rings. The van der Waals surface area contributed by atoms with Crippen molar-refractivity contribution in [1.82, 2.24) is 4.90 Å². The molecule has 1 amide bonds. The number of carbonyl (C=O) groups excluding carboxylic acids is 1. The van der Waals surface area contributed by atoms with E-state index in [4.69, 9.17) is 4.74 Å². The summed E-state index contributed by atoms with van der Waals surface area (Å²) in [6.45, 7) is 3.33. The topological polar surface area (TPSA) is 41.9 Å². The Balaban J connectivity index is 2.01. The SMILES string of the molecule is O=C1CC[Se]C(N2CCOCC2)=N1. The van der Waals surface area contributed by atoms with Gasteiger partial charge in [0, 0.05) is 0 Å². The van der Waals surface area contributed by atoms with Gasteiger partial charge >= 0.3 is 83.1 Å². The number of aliphatic imine (C=N–C) groups is 1. The van der Waals surface area contributed by atoms with Gasteiger partial charge < -0.3 is 0 Å². The molecular formula is C8H12N2O2Se. The van der Waals surface area contributed by atoms with Crippen LogP contribution in [0.3, 0.4) is 0 Å². The molecule has 1 saturated heterocycles. The van der Waals surface area contributed by atoms with E-state index in [-0.39, 0.29) is 5.91 Å². The van der Waals surface area contributed by atoms with Gasteiger partial charge in [0.15, 0.2) is 0 Å². The van der Waals surface area contributed by atoms with Crippen LogP contribution >= 0.6 is 0 Å². The maximum absolute atomic E-state index is 11.1. The van der Waals surface area contributed by atoms with Crippen molar-refractivity contribution in [3.05, 3.63) is 0 Å². The molecule has 0 bridgehead atoms. The van der Waals surface area contributed by atoms with E-state index in [9.17, 15) is 4.79 Å². The molecule has 0 unspecified atom stereocenters.